The molecule has 0 radical (unpaired) electrons. The minimum atomic E-state index is -3.59. The Hall–Kier alpha value is -1.92. The van der Waals surface area contributed by atoms with Crippen LogP contribution >= 0.6 is 0 Å². The van der Waals surface area contributed by atoms with Gasteiger partial charge in [-0.2, -0.15) is 0 Å². The van der Waals surface area contributed by atoms with Crippen LogP contribution in [0.4, 0.5) is 5.69 Å². The third-order valence-corrected chi connectivity index (χ3v) is 4.65. The number of rotatable bonds is 4. The highest BCUT2D eigenvalue weighted by atomic mass is 32.2. The van der Waals surface area contributed by atoms with Crippen molar-refractivity contribution in [1.29, 1.82) is 0 Å². The van der Waals surface area contributed by atoms with Gasteiger partial charge >= 0.3 is 0 Å². The normalized spacial score (nSPS) is 11.5. The van der Waals surface area contributed by atoms with E-state index in [2.05, 4.69) is 9.71 Å². The average molecular weight is 291 g/mol. The molecule has 0 spiro atoms. The Morgan fingerprint density at radius 3 is 2.70 bits per heavy atom. The van der Waals surface area contributed by atoms with Gasteiger partial charge in [-0.05, 0) is 48.7 Å². The maximum absolute atomic E-state index is 12.3. The van der Waals surface area contributed by atoms with Gasteiger partial charge in [0.2, 0.25) is 10.0 Å². The molecule has 0 aliphatic rings. The maximum atomic E-state index is 12.3. The van der Waals surface area contributed by atoms with E-state index >= 15 is 0 Å². The van der Waals surface area contributed by atoms with Crippen LogP contribution in [0.3, 0.4) is 0 Å². The number of nitrogens with one attached hydrogen (secondary N) is 1. The Morgan fingerprint density at radius 1 is 1.30 bits per heavy atom. The van der Waals surface area contributed by atoms with Gasteiger partial charge in [-0.15, -0.1) is 0 Å². The number of nitrogens with zero attached hydrogens (tertiary/aromatic N) is 1. The lowest BCUT2D eigenvalue weighted by atomic mass is 10.1. The van der Waals surface area contributed by atoms with E-state index in [0.29, 0.717) is 11.3 Å². The molecule has 1 aromatic carbocycles. The Kier molecular flexibility index (Phi) is 4.06. The molecule has 20 heavy (non-hydrogen) atoms. The number of aryl methyl sites for hydroxylation is 1. The minimum Gasteiger partial charge on any atom is -0.399 e. The molecule has 1 heterocycles. The predicted molar refractivity (Wildman–Crippen MR) is 78.6 cm³/mol. The molecule has 2 aromatic rings. The van der Waals surface area contributed by atoms with Crippen molar-refractivity contribution in [3.63, 3.8) is 0 Å². The van der Waals surface area contributed by atoms with E-state index in [0.717, 1.165) is 11.1 Å². The topological polar surface area (TPSA) is 85.1 Å². The molecule has 0 saturated heterocycles. The Balaban J connectivity index is 2.27. The Morgan fingerprint density at radius 2 is 2.05 bits per heavy atom. The Labute approximate surface area is 118 Å². The van der Waals surface area contributed by atoms with Crippen molar-refractivity contribution in [1.82, 2.24) is 9.71 Å². The maximum Gasteiger partial charge on any atom is 0.241 e. The zero-order valence-corrected chi connectivity index (χ0v) is 12.2. The highest BCUT2D eigenvalue weighted by Gasteiger charge is 2.18. The van der Waals surface area contributed by atoms with Crippen LogP contribution in [0.1, 0.15) is 16.7 Å². The van der Waals surface area contributed by atoms with Crippen LogP contribution < -0.4 is 10.5 Å². The van der Waals surface area contributed by atoms with Crippen LogP contribution in [-0.4, -0.2) is 13.4 Å². The SMILES string of the molecule is Cc1cc(N)cc(S(=O)(=O)NCc2cccnc2)c1C. The molecule has 0 fully saturated rings. The first-order valence-corrected chi connectivity index (χ1v) is 7.64. The molecular weight excluding hydrogens is 274 g/mol. The second-order valence-corrected chi connectivity index (χ2v) is 6.38. The molecule has 0 aliphatic carbocycles. The van der Waals surface area contributed by atoms with Crippen LogP contribution in [0.25, 0.3) is 0 Å². The second-order valence-electron chi connectivity index (χ2n) is 4.65. The van der Waals surface area contributed by atoms with Crippen molar-refractivity contribution in [3.05, 3.63) is 53.3 Å². The summed E-state index contributed by atoms with van der Waals surface area (Å²) in [5.41, 5.74) is 8.53. The van der Waals surface area contributed by atoms with Gasteiger partial charge in [0.05, 0.1) is 4.90 Å². The highest BCUT2D eigenvalue weighted by Crippen LogP contribution is 2.22. The zero-order valence-electron chi connectivity index (χ0n) is 11.4. The van der Waals surface area contributed by atoms with Crippen molar-refractivity contribution in [3.8, 4) is 0 Å². The molecule has 1 aromatic heterocycles. The number of anilines is 1. The lowest BCUT2D eigenvalue weighted by Crippen LogP contribution is -2.24. The molecule has 0 aliphatic heterocycles. The van der Waals surface area contributed by atoms with E-state index in [1.165, 1.54) is 6.07 Å². The van der Waals surface area contributed by atoms with Crippen LogP contribution in [0.2, 0.25) is 0 Å². The van der Waals surface area contributed by atoms with Crippen LogP contribution in [0.15, 0.2) is 41.6 Å². The van der Waals surface area contributed by atoms with Gasteiger partial charge in [0.15, 0.2) is 0 Å². The number of hydrogen-bond acceptors (Lipinski definition) is 4. The standard InChI is InChI=1S/C14H17N3O2S/c1-10-6-13(15)7-14(11(10)2)20(18,19)17-9-12-4-3-5-16-8-12/h3-8,17H,9,15H2,1-2H3. The lowest BCUT2D eigenvalue weighted by Gasteiger charge is -2.12. The van der Waals surface area contributed by atoms with E-state index in [4.69, 9.17) is 5.73 Å². The summed E-state index contributed by atoms with van der Waals surface area (Å²) in [6.07, 6.45) is 3.27. The summed E-state index contributed by atoms with van der Waals surface area (Å²) in [5.74, 6) is 0. The fourth-order valence-electron chi connectivity index (χ4n) is 1.89. The summed E-state index contributed by atoms with van der Waals surface area (Å²) >= 11 is 0. The summed E-state index contributed by atoms with van der Waals surface area (Å²) in [6, 6.07) is 6.82. The molecular formula is C14H17N3O2S. The van der Waals surface area contributed by atoms with Gasteiger partial charge in [-0.25, -0.2) is 13.1 Å². The fraction of sp³-hybridized carbons (Fsp3) is 0.214. The summed E-state index contributed by atoms with van der Waals surface area (Å²) in [5, 5.41) is 0. The molecule has 0 saturated carbocycles. The zero-order chi connectivity index (χ0) is 14.8. The first-order valence-electron chi connectivity index (χ1n) is 6.15. The number of pyridine rings is 1. The largest absolute Gasteiger partial charge is 0.399 e. The van der Waals surface area contributed by atoms with Gasteiger partial charge in [0, 0.05) is 24.6 Å². The fourth-order valence-corrected chi connectivity index (χ4v) is 3.26. The number of aromatic nitrogens is 1. The number of hydrogen-bond donors (Lipinski definition) is 2. The van der Waals surface area contributed by atoms with Crippen LogP contribution in [-0.2, 0) is 16.6 Å². The number of nitrogens with two attached hydrogens (primary N) is 1. The van der Waals surface area contributed by atoms with Crippen molar-refractivity contribution in [2.75, 3.05) is 5.73 Å². The smallest absolute Gasteiger partial charge is 0.241 e. The van der Waals surface area contributed by atoms with Gasteiger partial charge in [0.25, 0.3) is 0 Å². The Bertz CT molecular complexity index is 713. The third-order valence-electron chi connectivity index (χ3n) is 3.12. The monoisotopic (exact) mass is 291 g/mol. The van der Waals surface area contributed by atoms with E-state index < -0.39 is 10.0 Å². The van der Waals surface area contributed by atoms with E-state index in [1.54, 1.807) is 31.5 Å². The van der Waals surface area contributed by atoms with E-state index in [-0.39, 0.29) is 11.4 Å². The number of nitrogen functional groups attached to an aromatic ring is 1. The molecule has 0 atom stereocenters. The molecule has 3 N–H and O–H groups in total. The molecule has 0 amide bonds. The van der Waals surface area contributed by atoms with Gasteiger partial charge in [0.1, 0.15) is 0 Å². The molecule has 106 valence electrons. The highest BCUT2D eigenvalue weighted by molar-refractivity contribution is 7.89. The molecule has 6 heteroatoms. The molecule has 0 bridgehead atoms. The first kappa shape index (κ1) is 14.5. The van der Waals surface area contributed by atoms with Crippen LogP contribution in [0.5, 0.6) is 0 Å². The first-order chi connectivity index (χ1) is 9.40. The van der Waals surface area contributed by atoms with Crippen molar-refractivity contribution < 1.29 is 8.42 Å². The minimum absolute atomic E-state index is 0.198. The van der Waals surface area contributed by atoms with Crippen molar-refractivity contribution >= 4 is 15.7 Å². The summed E-state index contributed by atoms with van der Waals surface area (Å²) < 4.78 is 27.3. The van der Waals surface area contributed by atoms with Crippen molar-refractivity contribution in [2.45, 2.75) is 25.3 Å². The van der Waals surface area contributed by atoms with Gasteiger partial charge in [-0.1, -0.05) is 6.07 Å². The summed E-state index contributed by atoms with van der Waals surface area (Å²) in [6.45, 7) is 3.81. The van der Waals surface area contributed by atoms with Crippen molar-refractivity contribution in [2.24, 2.45) is 0 Å². The number of sulfonamides is 1. The van der Waals surface area contributed by atoms with E-state index in [9.17, 15) is 8.42 Å². The van der Waals surface area contributed by atoms with Crippen LogP contribution in [0, 0.1) is 13.8 Å². The average Bonchev–Trinajstić information content (AvgIpc) is 2.42. The quantitative estimate of drug-likeness (QED) is 0.841. The van der Waals surface area contributed by atoms with Gasteiger partial charge in [-0.3, -0.25) is 4.98 Å². The molecule has 2 rings (SSSR count). The van der Waals surface area contributed by atoms with Gasteiger partial charge < -0.3 is 5.73 Å². The van der Waals surface area contributed by atoms with E-state index in [1.807, 2.05) is 13.0 Å². The second kappa shape index (κ2) is 5.60. The molecule has 0 unspecified atom stereocenters. The summed E-state index contributed by atoms with van der Waals surface area (Å²) in [7, 11) is -3.59. The predicted octanol–water partition coefficient (Wildman–Crippen LogP) is 1.76. The molecule has 5 nitrogen and oxygen atoms in total. The lowest BCUT2D eigenvalue weighted by molar-refractivity contribution is 0.580. The third kappa shape index (κ3) is 3.15. The summed E-state index contributed by atoms with van der Waals surface area (Å²) in [4.78, 5) is 4.17. The number of benzene rings is 1.